The van der Waals surface area contributed by atoms with Crippen LogP contribution < -0.4 is 10.6 Å². The van der Waals surface area contributed by atoms with Gasteiger partial charge < -0.3 is 15.4 Å². The van der Waals surface area contributed by atoms with E-state index < -0.39 is 18.5 Å². The van der Waals surface area contributed by atoms with Gasteiger partial charge in [-0.3, -0.25) is 28.9 Å². The molecule has 0 radical (unpaired) electrons. The minimum Gasteiger partial charge on any atom is -0.456 e. The Balaban J connectivity index is 1.67. The van der Waals surface area contributed by atoms with E-state index in [1.165, 1.54) is 0 Å². The van der Waals surface area contributed by atoms with Crippen LogP contribution in [0.4, 0.5) is 0 Å². The largest absolute Gasteiger partial charge is 0.456 e. The zero-order chi connectivity index (χ0) is 20.0. The molecule has 2 fully saturated rings. The van der Waals surface area contributed by atoms with E-state index >= 15 is 0 Å². The van der Waals surface area contributed by atoms with Gasteiger partial charge in [0.05, 0.1) is 24.8 Å². The first kappa shape index (κ1) is 20.9. The molecule has 1 saturated carbocycles. The highest BCUT2D eigenvalue weighted by Gasteiger charge is 2.47. The number of carbonyl (C=O) groups excluding carboxylic acids is 5. The molecule has 27 heavy (non-hydrogen) atoms. The number of amides is 4. The van der Waals surface area contributed by atoms with Crippen LogP contribution in [0.2, 0.25) is 0 Å². The molecular weight excluding hydrogens is 354 g/mol. The summed E-state index contributed by atoms with van der Waals surface area (Å²) in [5.41, 5.74) is 0. The molecule has 150 valence electrons. The molecule has 0 aromatic heterocycles. The van der Waals surface area contributed by atoms with Gasteiger partial charge in [-0.15, -0.1) is 0 Å². The first-order valence-corrected chi connectivity index (χ1v) is 9.36. The summed E-state index contributed by atoms with van der Waals surface area (Å²) in [7, 11) is 0. The highest BCUT2D eigenvalue weighted by molar-refractivity contribution is 6.05. The van der Waals surface area contributed by atoms with Gasteiger partial charge in [0.15, 0.2) is 6.61 Å². The monoisotopic (exact) mass is 381 g/mol. The lowest BCUT2D eigenvalue weighted by Gasteiger charge is -2.19. The average Bonchev–Trinajstić information content (AvgIpc) is 2.87. The molecule has 1 saturated heterocycles. The van der Waals surface area contributed by atoms with Crippen molar-refractivity contribution in [2.45, 2.75) is 52.0 Å². The number of nitrogens with one attached hydrogen (secondary N) is 2. The Kier molecular flexibility index (Phi) is 7.32. The van der Waals surface area contributed by atoms with Crippen molar-refractivity contribution in [1.82, 2.24) is 15.5 Å². The van der Waals surface area contributed by atoms with E-state index in [-0.39, 0.29) is 55.1 Å². The van der Waals surface area contributed by atoms with Gasteiger partial charge in [-0.1, -0.05) is 12.8 Å². The fourth-order valence-corrected chi connectivity index (χ4v) is 3.48. The molecule has 0 unspecified atom stereocenters. The van der Waals surface area contributed by atoms with Crippen LogP contribution in [0, 0.1) is 11.8 Å². The summed E-state index contributed by atoms with van der Waals surface area (Å²) in [6.45, 7) is 2.86. The standard InChI is InChI=1S/C18H27N3O6/c1-11(2)20-14(22)9-19-15(23)10-27-16(24)7-8-21-17(25)12-5-3-4-6-13(12)18(21)26/h11-13H,3-10H2,1-2H3,(H,19,23)(H,20,22)/t12-,13+. The van der Waals surface area contributed by atoms with Crippen LogP contribution >= 0.6 is 0 Å². The zero-order valence-corrected chi connectivity index (χ0v) is 15.8. The molecule has 2 N–H and O–H groups in total. The molecule has 4 amide bonds. The van der Waals surface area contributed by atoms with Gasteiger partial charge >= 0.3 is 5.97 Å². The number of hydrogen-bond donors (Lipinski definition) is 2. The van der Waals surface area contributed by atoms with Crippen molar-refractivity contribution in [3.8, 4) is 0 Å². The molecule has 0 aromatic rings. The predicted molar refractivity (Wildman–Crippen MR) is 94.0 cm³/mol. The minimum absolute atomic E-state index is 0.0259. The predicted octanol–water partition coefficient (Wildman–Crippen LogP) is -0.264. The second-order valence-corrected chi connectivity index (χ2v) is 7.24. The maximum atomic E-state index is 12.3. The van der Waals surface area contributed by atoms with Gasteiger partial charge in [0, 0.05) is 12.6 Å². The Bertz CT molecular complexity index is 594. The molecule has 0 bridgehead atoms. The van der Waals surface area contributed by atoms with Gasteiger partial charge in [0.1, 0.15) is 0 Å². The molecule has 9 heteroatoms. The zero-order valence-electron chi connectivity index (χ0n) is 15.8. The molecule has 2 atom stereocenters. The SMILES string of the molecule is CC(C)NC(=O)CNC(=O)COC(=O)CCN1C(=O)[C@H]2CCCC[C@H]2C1=O. The third kappa shape index (κ3) is 5.77. The minimum atomic E-state index is -0.674. The molecule has 1 aliphatic carbocycles. The van der Waals surface area contributed by atoms with E-state index in [1.54, 1.807) is 13.8 Å². The van der Waals surface area contributed by atoms with E-state index in [2.05, 4.69) is 10.6 Å². The maximum absolute atomic E-state index is 12.3. The number of nitrogens with zero attached hydrogens (tertiary/aromatic N) is 1. The van der Waals surface area contributed by atoms with Crippen LogP contribution in [-0.2, 0) is 28.7 Å². The second kappa shape index (κ2) is 9.48. The van der Waals surface area contributed by atoms with Gasteiger partial charge in [0.2, 0.25) is 17.7 Å². The number of ether oxygens (including phenoxy) is 1. The molecule has 1 aliphatic heterocycles. The lowest BCUT2D eigenvalue weighted by atomic mass is 9.81. The third-order valence-electron chi connectivity index (χ3n) is 4.73. The highest BCUT2D eigenvalue weighted by atomic mass is 16.5. The van der Waals surface area contributed by atoms with Crippen LogP contribution in [-0.4, -0.2) is 60.2 Å². The topological polar surface area (TPSA) is 122 Å². The molecule has 2 aliphatic rings. The van der Waals surface area contributed by atoms with E-state index in [4.69, 9.17) is 4.74 Å². The van der Waals surface area contributed by atoms with E-state index in [0.29, 0.717) is 0 Å². The number of likely N-dealkylation sites (tertiary alicyclic amines) is 1. The molecule has 1 heterocycles. The third-order valence-corrected chi connectivity index (χ3v) is 4.73. The smallest absolute Gasteiger partial charge is 0.308 e. The lowest BCUT2D eigenvalue weighted by molar-refractivity contribution is -0.149. The van der Waals surface area contributed by atoms with E-state index in [9.17, 15) is 24.0 Å². The van der Waals surface area contributed by atoms with Crippen LogP contribution in [0.5, 0.6) is 0 Å². The number of esters is 1. The first-order valence-electron chi connectivity index (χ1n) is 9.36. The van der Waals surface area contributed by atoms with Crippen molar-refractivity contribution in [3.05, 3.63) is 0 Å². The normalized spacial score (nSPS) is 21.8. The Hall–Kier alpha value is -2.45. The number of fused-ring (bicyclic) bond motifs is 1. The Morgan fingerprint density at radius 2 is 1.67 bits per heavy atom. The Morgan fingerprint density at radius 1 is 1.07 bits per heavy atom. The molecule has 0 aromatic carbocycles. The van der Waals surface area contributed by atoms with Crippen molar-refractivity contribution < 1.29 is 28.7 Å². The fraction of sp³-hybridized carbons (Fsp3) is 0.722. The number of carbonyl (C=O) groups is 5. The summed E-state index contributed by atoms with van der Waals surface area (Å²) in [4.78, 5) is 60.5. The van der Waals surface area contributed by atoms with Crippen LogP contribution in [0.3, 0.4) is 0 Å². The summed E-state index contributed by atoms with van der Waals surface area (Å²) in [5.74, 6) is -2.50. The van der Waals surface area contributed by atoms with Crippen LogP contribution in [0.15, 0.2) is 0 Å². The van der Waals surface area contributed by atoms with Crippen LogP contribution in [0.1, 0.15) is 46.0 Å². The summed E-state index contributed by atoms with van der Waals surface area (Å²) in [6, 6.07) is -0.0351. The summed E-state index contributed by atoms with van der Waals surface area (Å²) in [5, 5.41) is 4.95. The van der Waals surface area contributed by atoms with Crippen molar-refractivity contribution in [2.75, 3.05) is 19.7 Å². The molecule has 9 nitrogen and oxygen atoms in total. The fourth-order valence-electron chi connectivity index (χ4n) is 3.48. The quantitative estimate of drug-likeness (QED) is 0.441. The van der Waals surface area contributed by atoms with Crippen molar-refractivity contribution in [3.63, 3.8) is 0 Å². The second-order valence-electron chi connectivity index (χ2n) is 7.24. The lowest BCUT2D eigenvalue weighted by Crippen LogP contribution is -2.41. The van der Waals surface area contributed by atoms with Gasteiger partial charge in [-0.25, -0.2) is 0 Å². The summed E-state index contributed by atoms with van der Waals surface area (Å²) in [6.07, 6.45) is 3.18. The summed E-state index contributed by atoms with van der Waals surface area (Å²) < 4.78 is 4.83. The number of hydrogen-bond acceptors (Lipinski definition) is 6. The number of rotatable bonds is 8. The van der Waals surface area contributed by atoms with Crippen molar-refractivity contribution >= 4 is 29.6 Å². The highest BCUT2D eigenvalue weighted by Crippen LogP contribution is 2.37. The summed E-state index contributed by atoms with van der Waals surface area (Å²) >= 11 is 0. The number of imide groups is 1. The maximum Gasteiger partial charge on any atom is 0.308 e. The van der Waals surface area contributed by atoms with Crippen molar-refractivity contribution in [1.29, 1.82) is 0 Å². The molecule has 2 rings (SSSR count). The van der Waals surface area contributed by atoms with Gasteiger partial charge in [0.25, 0.3) is 5.91 Å². The first-order chi connectivity index (χ1) is 12.8. The molecule has 0 spiro atoms. The Labute approximate surface area is 158 Å². The van der Waals surface area contributed by atoms with Crippen molar-refractivity contribution in [2.24, 2.45) is 11.8 Å². The van der Waals surface area contributed by atoms with Crippen LogP contribution in [0.25, 0.3) is 0 Å². The molecular formula is C18H27N3O6. The Morgan fingerprint density at radius 3 is 2.22 bits per heavy atom. The average molecular weight is 381 g/mol. The van der Waals surface area contributed by atoms with E-state index in [0.717, 1.165) is 30.6 Å². The van der Waals surface area contributed by atoms with Gasteiger partial charge in [-0.05, 0) is 26.7 Å². The van der Waals surface area contributed by atoms with E-state index in [1.807, 2.05) is 0 Å². The van der Waals surface area contributed by atoms with Gasteiger partial charge in [-0.2, -0.15) is 0 Å².